The lowest BCUT2D eigenvalue weighted by Gasteiger charge is -2.57. The Morgan fingerprint density at radius 2 is 2.15 bits per heavy atom. The van der Waals surface area contributed by atoms with E-state index in [4.69, 9.17) is 9.47 Å². The molecule has 1 aliphatic heterocycles. The van der Waals surface area contributed by atoms with Crippen LogP contribution in [0.2, 0.25) is 0 Å². The van der Waals surface area contributed by atoms with Crippen LogP contribution in [0.1, 0.15) is 45.4 Å². The highest BCUT2D eigenvalue weighted by Crippen LogP contribution is 2.56. The van der Waals surface area contributed by atoms with Crippen LogP contribution in [0.15, 0.2) is 0 Å². The standard InChI is InChI=1S/C16H27NO3/c1-3-20-14-10-13(16(14)7-4-5-8-16)17(2)15(18)12-6-9-19-11-12/h12-14H,3-11H2,1-2H3/t12-,13-,14+/m0/s1. The first kappa shape index (κ1) is 14.3. The number of ether oxygens (including phenoxy) is 2. The molecule has 3 aliphatic rings. The normalized spacial score (nSPS) is 35.2. The number of nitrogens with zero attached hydrogens (tertiary/aromatic N) is 1. The van der Waals surface area contributed by atoms with E-state index in [0.717, 1.165) is 26.1 Å². The number of carbonyl (C=O) groups is 1. The van der Waals surface area contributed by atoms with Crippen molar-refractivity contribution in [2.24, 2.45) is 11.3 Å². The Morgan fingerprint density at radius 3 is 2.75 bits per heavy atom. The Hall–Kier alpha value is -0.610. The highest BCUT2D eigenvalue weighted by atomic mass is 16.5. The number of rotatable bonds is 4. The summed E-state index contributed by atoms with van der Waals surface area (Å²) in [6.45, 7) is 4.20. The van der Waals surface area contributed by atoms with E-state index in [2.05, 4.69) is 6.92 Å². The van der Waals surface area contributed by atoms with Gasteiger partial charge in [0, 0.05) is 31.7 Å². The lowest BCUT2D eigenvalue weighted by atomic mass is 9.60. The van der Waals surface area contributed by atoms with E-state index in [1.165, 1.54) is 25.7 Å². The van der Waals surface area contributed by atoms with Gasteiger partial charge >= 0.3 is 0 Å². The van der Waals surface area contributed by atoms with E-state index in [1.54, 1.807) is 0 Å². The van der Waals surface area contributed by atoms with E-state index in [9.17, 15) is 4.79 Å². The summed E-state index contributed by atoms with van der Waals surface area (Å²) < 4.78 is 11.3. The van der Waals surface area contributed by atoms with Gasteiger partial charge in [-0.05, 0) is 32.6 Å². The van der Waals surface area contributed by atoms with E-state index in [0.29, 0.717) is 18.8 Å². The molecule has 3 atom stereocenters. The second-order valence-corrected chi connectivity index (χ2v) is 6.65. The van der Waals surface area contributed by atoms with Gasteiger partial charge in [0.2, 0.25) is 5.91 Å². The summed E-state index contributed by atoms with van der Waals surface area (Å²) in [7, 11) is 1.99. The van der Waals surface area contributed by atoms with Gasteiger partial charge in [-0.1, -0.05) is 12.8 Å². The zero-order valence-corrected chi connectivity index (χ0v) is 12.8. The maximum atomic E-state index is 12.6. The SMILES string of the molecule is CCO[C@@H]1C[C@H](N(C)C(=O)[C@H]2CCOC2)C12CCCC2. The molecule has 1 saturated heterocycles. The summed E-state index contributed by atoms with van der Waals surface area (Å²) in [5.41, 5.74) is 0.250. The fourth-order valence-electron chi connectivity index (χ4n) is 4.56. The molecule has 4 nitrogen and oxygen atoms in total. The molecule has 0 aromatic carbocycles. The fraction of sp³-hybridized carbons (Fsp3) is 0.938. The quantitative estimate of drug-likeness (QED) is 0.793. The highest BCUT2D eigenvalue weighted by Gasteiger charge is 2.59. The molecule has 0 N–H and O–H groups in total. The van der Waals surface area contributed by atoms with Gasteiger partial charge in [-0.2, -0.15) is 0 Å². The molecule has 0 aromatic rings. The van der Waals surface area contributed by atoms with Crippen molar-refractivity contribution in [2.75, 3.05) is 26.9 Å². The second-order valence-electron chi connectivity index (χ2n) is 6.65. The number of carbonyl (C=O) groups excluding carboxylic acids is 1. The van der Waals surface area contributed by atoms with Crippen LogP contribution in [-0.4, -0.2) is 49.8 Å². The van der Waals surface area contributed by atoms with E-state index in [1.807, 2.05) is 11.9 Å². The summed E-state index contributed by atoms with van der Waals surface area (Å²) in [6.07, 6.45) is 7.29. The molecule has 2 aliphatic carbocycles. The average molecular weight is 281 g/mol. The van der Waals surface area contributed by atoms with Gasteiger partial charge in [0.05, 0.1) is 18.6 Å². The molecule has 20 heavy (non-hydrogen) atoms. The van der Waals surface area contributed by atoms with Crippen LogP contribution in [-0.2, 0) is 14.3 Å². The van der Waals surface area contributed by atoms with Crippen molar-refractivity contribution >= 4 is 5.91 Å². The maximum absolute atomic E-state index is 12.6. The lowest BCUT2D eigenvalue weighted by Crippen LogP contribution is -2.64. The smallest absolute Gasteiger partial charge is 0.228 e. The van der Waals surface area contributed by atoms with Crippen LogP contribution in [0.3, 0.4) is 0 Å². The Balaban J connectivity index is 1.68. The van der Waals surface area contributed by atoms with Gasteiger partial charge in [-0.25, -0.2) is 0 Å². The molecule has 0 aromatic heterocycles. The largest absolute Gasteiger partial charge is 0.381 e. The van der Waals surface area contributed by atoms with Gasteiger partial charge in [0.1, 0.15) is 0 Å². The molecule has 0 bridgehead atoms. The predicted octanol–water partition coefficient (Wildman–Crippen LogP) is 2.22. The number of hydrogen-bond donors (Lipinski definition) is 0. The van der Waals surface area contributed by atoms with Crippen molar-refractivity contribution < 1.29 is 14.3 Å². The van der Waals surface area contributed by atoms with Crippen LogP contribution in [0.5, 0.6) is 0 Å². The first-order valence-electron chi connectivity index (χ1n) is 8.15. The molecule has 3 rings (SSSR count). The third-order valence-electron chi connectivity index (χ3n) is 5.74. The molecular weight excluding hydrogens is 254 g/mol. The van der Waals surface area contributed by atoms with Crippen molar-refractivity contribution in [1.82, 2.24) is 4.90 Å². The zero-order chi connectivity index (χ0) is 14.2. The third kappa shape index (κ3) is 2.17. The summed E-state index contributed by atoms with van der Waals surface area (Å²) in [4.78, 5) is 14.6. The summed E-state index contributed by atoms with van der Waals surface area (Å²) in [5.74, 6) is 0.373. The van der Waals surface area contributed by atoms with Crippen LogP contribution >= 0.6 is 0 Å². The van der Waals surface area contributed by atoms with Crippen LogP contribution in [0, 0.1) is 11.3 Å². The fourth-order valence-corrected chi connectivity index (χ4v) is 4.56. The average Bonchev–Trinajstić information content (AvgIpc) is 3.13. The zero-order valence-electron chi connectivity index (χ0n) is 12.8. The summed E-state index contributed by atoms with van der Waals surface area (Å²) in [6, 6.07) is 0.384. The van der Waals surface area contributed by atoms with Crippen LogP contribution < -0.4 is 0 Å². The van der Waals surface area contributed by atoms with E-state index < -0.39 is 0 Å². The van der Waals surface area contributed by atoms with Gasteiger partial charge in [-0.3, -0.25) is 4.79 Å². The lowest BCUT2D eigenvalue weighted by molar-refractivity contribution is -0.174. The molecule has 1 heterocycles. The summed E-state index contributed by atoms with van der Waals surface area (Å²) >= 11 is 0. The van der Waals surface area contributed by atoms with Crippen LogP contribution in [0.25, 0.3) is 0 Å². The second kappa shape index (κ2) is 5.64. The van der Waals surface area contributed by atoms with Gasteiger partial charge in [0.15, 0.2) is 0 Å². The van der Waals surface area contributed by atoms with Gasteiger partial charge < -0.3 is 14.4 Å². The van der Waals surface area contributed by atoms with Crippen LogP contribution in [0.4, 0.5) is 0 Å². The maximum Gasteiger partial charge on any atom is 0.228 e. The molecule has 1 spiro atoms. The highest BCUT2D eigenvalue weighted by molar-refractivity contribution is 5.79. The van der Waals surface area contributed by atoms with Gasteiger partial charge in [0.25, 0.3) is 0 Å². The molecule has 0 unspecified atom stereocenters. The van der Waals surface area contributed by atoms with Crippen molar-refractivity contribution in [2.45, 2.75) is 57.6 Å². The minimum Gasteiger partial charge on any atom is -0.381 e. The Bertz CT molecular complexity index is 359. The molecule has 2 saturated carbocycles. The topological polar surface area (TPSA) is 38.8 Å². The minimum absolute atomic E-state index is 0.0876. The van der Waals surface area contributed by atoms with Gasteiger partial charge in [-0.15, -0.1) is 0 Å². The molecule has 1 amide bonds. The van der Waals surface area contributed by atoms with Crippen molar-refractivity contribution in [3.05, 3.63) is 0 Å². The minimum atomic E-state index is 0.0876. The molecule has 3 fully saturated rings. The Morgan fingerprint density at radius 1 is 1.40 bits per heavy atom. The van der Waals surface area contributed by atoms with Crippen molar-refractivity contribution in [3.63, 3.8) is 0 Å². The number of hydrogen-bond acceptors (Lipinski definition) is 3. The van der Waals surface area contributed by atoms with E-state index in [-0.39, 0.29) is 17.2 Å². The first-order chi connectivity index (χ1) is 9.69. The Kier molecular flexibility index (Phi) is 4.04. The monoisotopic (exact) mass is 281 g/mol. The first-order valence-corrected chi connectivity index (χ1v) is 8.15. The molecular formula is C16H27NO3. The predicted molar refractivity (Wildman–Crippen MR) is 76.4 cm³/mol. The summed E-state index contributed by atoms with van der Waals surface area (Å²) in [5, 5.41) is 0. The third-order valence-corrected chi connectivity index (χ3v) is 5.74. The van der Waals surface area contributed by atoms with Crippen molar-refractivity contribution in [3.8, 4) is 0 Å². The number of amides is 1. The molecule has 114 valence electrons. The van der Waals surface area contributed by atoms with E-state index >= 15 is 0 Å². The Labute approximate surface area is 121 Å². The molecule has 0 radical (unpaired) electrons. The molecule has 4 heteroatoms. The van der Waals surface area contributed by atoms with Crippen molar-refractivity contribution in [1.29, 1.82) is 0 Å².